The SMILES string of the molecule is O=C(Cn1nc2c(cc1=O)CCCCC2)OCc1ccccc1. The van der Waals surface area contributed by atoms with E-state index in [2.05, 4.69) is 5.10 Å². The van der Waals surface area contributed by atoms with Crippen molar-refractivity contribution in [3.05, 3.63) is 63.6 Å². The molecule has 1 heterocycles. The second-order valence-corrected chi connectivity index (χ2v) is 5.82. The molecule has 2 aromatic rings. The first-order chi connectivity index (χ1) is 11.2. The largest absolute Gasteiger partial charge is 0.459 e. The van der Waals surface area contributed by atoms with Gasteiger partial charge in [0.2, 0.25) is 0 Å². The Morgan fingerprint density at radius 1 is 1.13 bits per heavy atom. The van der Waals surface area contributed by atoms with E-state index in [0.29, 0.717) is 0 Å². The maximum atomic E-state index is 12.1. The molecule has 3 rings (SSSR count). The third kappa shape index (κ3) is 4.06. The van der Waals surface area contributed by atoms with E-state index >= 15 is 0 Å². The first kappa shape index (κ1) is 15.5. The molecule has 1 aliphatic carbocycles. The number of aryl methyl sites for hydroxylation is 2. The van der Waals surface area contributed by atoms with Crippen LogP contribution in [-0.4, -0.2) is 15.7 Å². The van der Waals surface area contributed by atoms with Crippen LogP contribution >= 0.6 is 0 Å². The fourth-order valence-corrected chi connectivity index (χ4v) is 2.80. The van der Waals surface area contributed by atoms with Crippen molar-refractivity contribution in [2.75, 3.05) is 0 Å². The van der Waals surface area contributed by atoms with Gasteiger partial charge in [-0.05, 0) is 36.8 Å². The molecule has 0 radical (unpaired) electrons. The Balaban J connectivity index is 1.66. The van der Waals surface area contributed by atoms with E-state index in [-0.39, 0.29) is 18.7 Å². The van der Waals surface area contributed by atoms with Crippen LogP contribution in [0.4, 0.5) is 0 Å². The van der Waals surface area contributed by atoms with Crippen molar-refractivity contribution >= 4 is 5.97 Å². The molecule has 0 spiro atoms. The van der Waals surface area contributed by atoms with Gasteiger partial charge in [0, 0.05) is 6.07 Å². The Labute approximate surface area is 134 Å². The van der Waals surface area contributed by atoms with Crippen LogP contribution in [0.2, 0.25) is 0 Å². The molecule has 0 saturated carbocycles. The lowest BCUT2D eigenvalue weighted by Gasteiger charge is -2.10. The minimum Gasteiger partial charge on any atom is -0.459 e. The summed E-state index contributed by atoms with van der Waals surface area (Å²) in [7, 11) is 0. The highest BCUT2D eigenvalue weighted by Crippen LogP contribution is 2.16. The third-order valence-electron chi connectivity index (χ3n) is 4.05. The van der Waals surface area contributed by atoms with Crippen LogP contribution in [0.25, 0.3) is 0 Å². The molecule has 5 nitrogen and oxygen atoms in total. The van der Waals surface area contributed by atoms with Gasteiger partial charge >= 0.3 is 5.97 Å². The molecule has 0 N–H and O–H groups in total. The molecule has 0 unspecified atom stereocenters. The van der Waals surface area contributed by atoms with Gasteiger partial charge in [0.1, 0.15) is 13.2 Å². The van der Waals surface area contributed by atoms with E-state index in [4.69, 9.17) is 4.74 Å². The number of rotatable bonds is 4. The Hall–Kier alpha value is -2.43. The fraction of sp³-hybridized carbons (Fsp3) is 0.389. The number of nitrogens with zero attached hydrogens (tertiary/aromatic N) is 2. The summed E-state index contributed by atoms with van der Waals surface area (Å²) in [4.78, 5) is 24.1. The van der Waals surface area contributed by atoms with E-state index in [1.165, 1.54) is 4.68 Å². The first-order valence-corrected chi connectivity index (χ1v) is 8.02. The summed E-state index contributed by atoms with van der Waals surface area (Å²) in [5, 5.41) is 4.37. The fourth-order valence-electron chi connectivity index (χ4n) is 2.80. The maximum Gasteiger partial charge on any atom is 0.328 e. The summed E-state index contributed by atoms with van der Waals surface area (Å²) in [5.41, 5.74) is 2.66. The van der Waals surface area contributed by atoms with Crippen LogP contribution in [0.3, 0.4) is 0 Å². The summed E-state index contributed by atoms with van der Waals surface area (Å²) in [6, 6.07) is 11.1. The first-order valence-electron chi connectivity index (χ1n) is 8.02. The van der Waals surface area contributed by atoms with Crippen LogP contribution in [0.1, 0.15) is 36.1 Å². The molecule has 1 aliphatic rings. The smallest absolute Gasteiger partial charge is 0.328 e. The zero-order valence-electron chi connectivity index (χ0n) is 13.0. The predicted octanol–water partition coefficient (Wildman–Crippen LogP) is 2.26. The number of ether oxygens (including phenoxy) is 1. The monoisotopic (exact) mass is 312 g/mol. The van der Waals surface area contributed by atoms with Crippen LogP contribution < -0.4 is 5.56 Å². The number of carbonyl (C=O) groups excluding carboxylic acids is 1. The van der Waals surface area contributed by atoms with E-state index in [1.807, 2.05) is 30.3 Å². The number of esters is 1. The van der Waals surface area contributed by atoms with Gasteiger partial charge in [-0.3, -0.25) is 9.59 Å². The number of benzene rings is 1. The van der Waals surface area contributed by atoms with Crippen LogP contribution in [0, 0.1) is 0 Å². The van der Waals surface area contributed by atoms with E-state index in [1.54, 1.807) is 6.07 Å². The molecular weight excluding hydrogens is 292 g/mol. The number of hydrogen-bond acceptors (Lipinski definition) is 4. The topological polar surface area (TPSA) is 61.2 Å². The Morgan fingerprint density at radius 3 is 2.74 bits per heavy atom. The quantitative estimate of drug-likeness (QED) is 0.642. The third-order valence-corrected chi connectivity index (χ3v) is 4.05. The summed E-state index contributed by atoms with van der Waals surface area (Å²) in [5.74, 6) is -0.447. The zero-order valence-corrected chi connectivity index (χ0v) is 13.0. The lowest BCUT2D eigenvalue weighted by molar-refractivity contribution is -0.146. The van der Waals surface area contributed by atoms with E-state index in [0.717, 1.165) is 48.9 Å². The highest BCUT2D eigenvalue weighted by Gasteiger charge is 2.14. The molecule has 23 heavy (non-hydrogen) atoms. The molecule has 120 valence electrons. The standard InChI is InChI=1S/C18H20N2O3/c21-17-11-15-9-5-2-6-10-16(15)19-20(17)12-18(22)23-13-14-7-3-1-4-8-14/h1,3-4,7-8,11H,2,5-6,9-10,12-13H2. The van der Waals surface area contributed by atoms with Gasteiger partial charge in [-0.25, -0.2) is 4.68 Å². The molecule has 0 bridgehead atoms. The van der Waals surface area contributed by atoms with E-state index < -0.39 is 5.97 Å². The number of fused-ring (bicyclic) bond motifs is 1. The summed E-state index contributed by atoms with van der Waals surface area (Å²) in [6.45, 7) is 0.0678. The van der Waals surface area contributed by atoms with Gasteiger partial charge in [-0.15, -0.1) is 0 Å². The van der Waals surface area contributed by atoms with E-state index in [9.17, 15) is 9.59 Å². The predicted molar refractivity (Wildman–Crippen MR) is 86.0 cm³/mol. The average Bonchev–Trinajstić information content (AvgIpc) is 2.79. The highest BCUT2D eigenvalue weighted by molar-refractivity contribution is 5.69. The average molecular weight is 312 g/mol. The summed E-state index contributed by atoms with van der Waals surface area (Å²) >= 11 is 0. The lowest BCUT2D eigenvalue weighted by atomic mass is 10.1. The van der Waals surface area contributed by atoms with Gasteiger partial charge in [0.05, 0.1) is 5.69 Å². The Bertz CT molecular complexity index is 738. The molecule has 5 heteroatoms. The molecule has 0 saturated heterocycles. The van der Waals surface area contributed by atoms with Gasteiger partial charge in [-0.1, -0.05) is 36.8 Å². The highest BCUT2D eigenvalue weighted by atomic mass is 16.5. The van der Waals surface area contributed by atoms with Crippen molar-refractivity contribution in [3.8, 4) is 0 Å². The number of carbonyl (C=O) groups is 1. The number of hydrogen-bond donors (Lipinski definition) is 0. The van der Waals surface area contributed by atoms with Gasteiger partial charge in [0.25, 0.3) is 5.56 Å². The second-order valence-electron chi connectivity index (χ2n) is 5.82. The lowest BCUT2D eigenvalue weighted by Crippen LogP contribution is -2.29. The normalized spacial score (nSPS) is 13.9. The Kier molecular flexibility index (Phi) is 4.86. The van der Waals surface area contributed by atoms with Crippen LogP contribution in [-0.2, 0) is 35.5 Å². The molecule has 0 atom stereocenters. The van der Waals surface area contributed by atoms with Crippen molar-refractivity contribution in [2.45, 2.75) is 45.3 Å². The van der Waals surface area contributed by atoms with Crippen LogP contribution in [0.5, 0.6) is 0 Å². The number of aromatic nitrogens is 2. The Morgan fingerprint density at radius 2 is 1.91 bits per heavy atom. The van der Waals surface area contributed by atoms with Crippen molar-refractivity contribution in [3.63, 3.8) is 0 Å². The second kappa shape index (κ2) is 7.22. The summed E-state index contributed by atoms with van der Waals surface area (Å²) in [6.07, 6.45) is 5.10. The molecule has 0 fully saturated rings. The molecule has 0 aliphatic heterocycles. The van der Waals surface area contributed by atoms with Gasteiger partial charge in [0.15, 0.2) is 0 Å². The van der Waals surface area contributed by atoms with Crippen molar-refractivity contribution in [1.29, 1.82) is 0 Å². The minimum absolute atomic E-state index is 0.140. The molecule has 1 aromatic heterocycles. The van der Waals surface area contributed by atoms with Crippen molar-refractivity contribution < 1.29 is 9.53 Å². The van der Waals surface area contributed by atoms with Gasteiger partial charge < -0.3 is 4.74 Å². The zero-order chi connectivity index (χ0) is 16.1. The van der Waals surface area contributed by atoms with Gasteiger partial charge in [-0.2, -0.15) is 5.10 Å². The molecule has 1 aromatic carbocycles. The summed E-state index contributed by atoms with van der Waals surface area (Å²) < 4.78 is 6.44. The molecule has 0 amide bonds. The van der Waals surface area contributed by atoms with Crippen molar-refractivity contribution in [2.24, 2.45) is 0 Å². The van der Waals surface area contributed by atoms with Crippen LogP contribution in [0.15, 0.2) is 41.2 Å². The minimum atomic E-state index is -0.447. The van der Waals surface area contributed by atoms with Crippen molar-refractivity contribution in [1.82, 2.24) is 9.78 Å². The molecular formula is C18H20N2O3. The maximum absolute atomic E-state index is 12.1.